The number of hydrogen-bond acceptors (Lipinski definition) is 1. The fourth-order valence-electron chi connectivity index (χ4n) is 2.83. The van der Waals surface area contributed by atoms with Gasteiger partial charge >= 0.3 is 5.97 Å². The lowest BCUT2D eigenvalue weighted by atomic mass is 9.89. The topological polar surface area (TPSA) is 37.3 Å². The summed E-state index contributed by atoms with van der Waals surface area (Å²) in [7, 11) is 0. The van der Waals surface area contributed by atoms with Gasteiger partial charge in [0, 0.05) is 0 Å². The van der Waals surface area contributed by atoms with Gasteiger partial charge in [-0.05, 0) is 67.4 Å². The molecule has 0 unspecified atom stereocenters. The number of rotatable bonds is 5. The lowest BCUT2D eigenvalue weighted by Gasteiger charge is -2.16. The van der Waals surface area contributed by atoms with Crippen molar-refractivity contribution < 1.29 is 9.90 Å². The van der Waals surface area contributed by atoms with Crippen LogP contribution >= 0.6 is 0 Å². The van der Waals surface area contributed by atoms with Crippen LogP contribution in [0.1, 0.15) is 55.7 Å². The van der Waals surface area contributed by atoms with Crippen LogP contribution in [0.25, 0.3) is 11.6 Å². The minimum Gasteiger partial charge on any atom is -0.478 e. The van der Waals surface area contributed by atoms with Gasteiger partial charge < -0.3 is 5.11 Å². The van der Waals surface area contributed by atoms with Crippen LogP contribution < -0.4 is 0 Å². The summed E-state index contributed by atoms with van der Waals surface area (Å²) in [6, 6.07) is 6.16. The van der Waals surface area contributed by atoms with Gasteiger partial charge in [-0.3, -0.25) is 0 Å². The van der Waals surface area contributed by atoms with Crippen LogP contribution in [-0.2, 0) is 4.79 Å². The summed E-state index contributed by atoms with van der Waals surface area (Å²) in [5.41, 5.74) is 5.15. The summed E-state index contributed by atoms with van der Waals surface area (Å²) in [5.74, 6) is -0.883. The molecule has 0 spiro atoms. The van der Waals surface area contributed by atoms with Crippen LogP contribution in [0.2, 0.25) is 0 Å². The Morgan fingerprint density at radius 1 is 1.32 bits per heavy atom. The van der Waals surface area contributed by atoms with Crippen molar-refractivity contribution in [3.8, 4) is 0 Å². The molecule has 2 rings (SSSR count). The number of carboxylic acid groups (broad SMARTS) is 1. The van der Waals surface area contributed by atoms with Gasteiger partial charge in [-0.2, -0.15) is 0 Å². The third-order valence-corrected chi connectivity index (χ3v) is 4.10. The van der Waals surface area contributed by atoms with Crippen molar-refractivity contribution >= 4 is 17.6 Å². The van der Waals surface area contributed by atoms with Crippen LogP contribution in [0.15, 0.2) is 42.0 Å². The van der Waals surface area contributed by atoms with Crippen LogP contribution in [-0.4, -0.2) is 11.1 Å². The molecule has 1 aromatic rings. The fraction of sp³-hybridized carbons (Fsp3) is 0.350. The first-order valence-electron chi connectivity index (χ1n) is 8.04. The molecule has 0 fully saturated rings. The van der Waals surface area contributed by atoms with Crippen molar-refractivity contribution in [1.29, 1.82) is 0 Å². The third kappa shape index (κ3) is 3.97. The second kappa shape index (κ2) is 7.79. The zero-order valence-corrected chi connectivity index (χ0v) is 13.4. The molecule has 0 saturated heterocycles. The van der Waals surface area contributed by atoms with Gasteiger partial charge in [0.25, 0.3) is 0 Å². The number of benzene rings is 1. The van der Waals surface area contributed by atoms with Gasteiger partial charge in [-0.25, -0.2) is 4.79 Å². The monoisotopic (exact) mass is 296 g/mol. The highest BCUT2D eigenvalue weighted by Crippen LogP contribution is 2.30. The van der Waals surface area contributed by atoms with E-state index < -0.39 is 5.97 Å². The molecule has 2 heteroatoms. The lowest BCUT2D eigenvalue weighted by molar-refractivity contribution is -0.132. The standard InChI is InChI=1S/C20H24O2/c1-3-4-9-18(20(21)22)14-17-12-8-13-19(15(17)2)16-10-6-5-7-11-16/h4,8-10,12-14H,3,5-7,11H2,1-2H3,(H,21,22)/b9-4+,18-14+. The van der Waals surface area contributed by atoms with Gasteiger partial charge in [0.15, 0.2) is 0 Å². The van der Waals surface area contributed by atoms with E-state index in [-0.39, 0.29) is 0 Å². The molecule has 2 nitrogen and oxygen atoms in total. The van der Waals surface area contributed by atoms with E-state index in [4.69, 9.17) is 0 Å². The second-order valence-corrected chi connectivity index (χ2v) is 5.71. The predicted molar refractivity (Wildman–Crippen MR) is 92.7 cm³/mol. The van der Waals surface area contributed by atoms with Crippen molar-refractivity contribution in [2.75, 3.05) is 0 Å². The third-order valence-electron chi connectivity index (χ3n) is 4.10. The normalized spacial score (nSPS) is 15.9. The second-order valence-electron chi connectivity index (χ2n) is 5.71. The molecule has 0 saturated carbocycles. The molecular formula is C20H24O2. The van der Waals surface area contributed by atoms with E-state index in [0.29, 0.717) is 5.57 Å². The quantitative estimate of drug-likeness (QED) is 0.584. The molecule has 116 valence electrons. The smallest absolute Gasteiger partial charge is 0.335 e. The largest absolute Gasteiger partial charge is 0.478 e. The molecule has 0 aromatic heterocycles. The van der Waals surface area contributed by atoms with E-state index >= 15 is 0 Å². The Balaban J connectivity index is 2.41. The Labute approximate surface area is 132 Å². The first-order valence-corrected chi connectivity index (χ1v) is 8.04. The first kappa shape index (κ1) is 16.3. The summed E-state index contributed by atoms with van der Waals surface area (Å²) in [6.45, 7) is 4.08. The van der Waals surface area contributed by atoms with E-state index in [1.165, 1.54) is 29.5 Å². The number of carboxylic acids is 1. The van der Waals surface area contributed by atoms with Gasteiger partial charge in [-0.1, -0.05) is 43.4 Å². The van der Waals surface area contributed by atoms with E-state index in [1.807, 2.05) is 25.1 Å². The molecule has 0 bridgehead atoms. The molecule has 0 aliphatic heterocycles. The average Bonchev–Trinajstić information content (AvgIpc) is 2.53. The highest BCUT2D eigenvalue weighted by Gasteiger charge is 2.11. The predicted octanol–water partition coefficient (Wildman–Crippen LogP) is 5.39. The van der Waals surface area contributed by atoms with Crippen LogP contribution in [0.4, 0.5) is 0 Å². The van der Waals surface area contributed by atoms with Crippen LogP contribution in [0.5, 0.6) is 0 Å². The maximum atomic E-state index is 11.4. The Morgan fingerprint density at radius 2 is 2.14 bits per heavy atom. The maximum absolute atomic E-state index is 11.4. The molecule has 0 heterocycles. The highest BCUT2D eigenvalue weighted by molar-refractivity contribution is 5.95. The van der Waals surface area contributed by atoms with Gasteiger partial charge in [0.05, 0.1) is 5.57 Å². The molecule has 22 heavy (non-hydrogen) atoms. The van der Waals surface area contributed by atoms with Crippen LogP contribution in [0, 0.1) is 6.92 Å². The summed E-state index contributed by atoms with van der Waals surface area (Å²) >= 11 is 0. The molecular weight excluding hydrogens is 272 g/mol. The molecule has 0 radical (unpaired) electrons. The summed E-state index contributed by atoms with van der Waals surface area (Å²) in [4.78, 5) is 11.4. The SMILES string of the molecule is CC/C=C/C(=C\c1cccc(C2=CCCCC2)c1C)C(=O)O. The summed E-state index contributed by atoms with van der Waals surface area (Å²) in [6.07, 6.45) is 13.3. The zero-order chi connectivity index (χ0) is 15.9. The Morgan fingerprint density at radius 3 is 2.77 bits per heavy atom. The summed E-state index contributed by atoms with van der Waals surface area (Å²) in [5, 5.41) is 9.34. The van der Waals surface area contributed by atoms with E-state index in [1.54, 1.807) is 12.2 Å². The molecule has 0 atom stereocenters. The molecule has 1 aromatic carbocycles. The number of aliphatic carboxylic acids is 1. The first-order chi connectivity index (χ1) is 10.6. The number of allylic oxidation sites excluding steroid dienone is 3. The Kier molecular flexibility index (Phi) is 5.76. The van der Waals surface area contributed by atoms with Crippen molar-refractivity contribution in [2.45, 2.75) is 46.0 Å². The molecule has 0 amide bonds. The van der Waals surface area contributed by atoms with Gasteiger partial charge in [0.2, 0.25) is 0 Å². The highest BCUT2D eigenvalue weighted by atomic mass is 16.4. The Hall–Kier alpha value is -2.09. The van der Waals surface area contributed by atoms with E-state index in [9.17, 15) is 9.90 Å². The minimum absolute atomic E-state index is 0.333. The number of carbonyl (C=O) groups is 1. The van der Waals surface area contributed by atoms with Gasteiger partial charge in [-0.15, -0.1) is 0 Å². The van der Waals surface area contributed by atoms with E-state index in [2.05, 4.69) is 19.1 Å². The van der Waals surface area contributed by atoms with Crippen molar-refractivity contribution in [3.63, 3.8) is 0 Å². The van der Waals surface area contributed by atoms with Crippen molar-refractivity contribution in [1.82, 2.24) is 0 Å². The Bertz CT molecular complexity index is 633. The molecule has 1 aliphatic rings. The molecule has 1 N–H and O–H groups in total. The summed E-state index contributed by atoms with van der Waals surface area (Å²) < 4.78 is 0. The van der Waals surface area contributed by atoms with Crippen molar-refractivity contribution in [2.24, 2.45) is 0 Å². The average molecular weight is 296 g/mol. The maximum Gasteiger partial charge on any atom is 0.335 e. The van der Waals surface area contributed by atoms with Gasteiger partial charge in [0.1, 0.15) is 0 Å². The lowest BCUT2D eigenvalue weighted by Crippen LogP contribution is -1.99. The minimum atomic E-state index is -0.883. The van der Waals surface area contributed by atoms with E-state index in [0.717, 1.165) is 24.8 Å². The fourth-order valence-corrected chi connectivity index (χ4v) is 2.83. The zero-order valence-electron chi connectivity index (χ0n) is 13.4. The van der Waals surface area contributed by atoms with Crippen LogP contribution in [0.3, 0.4) is 0 Å². The number of hydrogen-bond donors (Lipinski definition) is 1. The molecule has 1 aliphatic carbocycles. The van der Waals surface area contributed by atoms with Crippen molar-refractivity contribution in [3.05, 3.63) is 58.7 Å².